The molecular formula is C34H36NO8P. The zero-order chi connectivity index (χ0) is 31.3. The molecule has 0 aliphatic carbocycles. The van der Waals surface area contributed by atoms with Crippen LogP contribution in [0.3, 0.4) is 0 Å². The third kappa shape index (κ3) is 8.51. The van der Waals surface area contributed by atoms with Gasteiger partial charge in [-0.25, -0.2) is 0 Å². The van der Waals surface area contributed by atoms with Crippen molar-refractivity contribution in [2.45, 2.75) is 13.2 Å². The van der Waals surface area contributed by atoms with Crippen molar-refractivity contribution in [2.75, 3.05) is 39.9 Å². The van der Waals surface area contributed by atoms with E-state index in [1.807, 2.05) is 84.9 Å². The van der Waals surface area contributed by atoms with Gasteiger partial charge in [-0.05, 0) is 23.3 Å². The lowest BCUT2D eigenvalue weighted by atomic mass is 10.1. The van der Waals surface area contributed by atoms with Gasteiger partial charge in [0.1, 0.15) is 0 Å². The molecule has 0 bridgehead atoms. The lowest BCUT2D eigenvalue weighted by molar-refractivity contribution is -0.117. The zero-order valence-electron chi connectivity index (χ0n) is 25.2. The van der Waals surface area contributed by atoms with E-state index in [-0.39, 0.29) is 5.91 Å². The van der Waals surface area contributed by atoms with Crippen LogP contribution in [0.1, 0.15) is 11.1 Å². The lowest BCUT2D eigenvalue weighted by Crippen LogP contribution is -2.45. The Morgan fingerprint density at radius 2 is 1.14 bits per heavy atom. The van der Waals surface area contributed by atoms with E-state index in [1.165, 1.54) is 21.3 Å². The first-order chi connectivity index (χ1) is 21.5. The standard InChI is InChI=1S/C21H21O4P.C13H15NO4/c1-22-20-14-8-9-15-21(20)25-26(23-16-18-10-4-2-5-11-18)24-17-19-12-6-3-7-13-19;1-8-7-14(13(8)15)9-5-10(16-2)12(18-4)11(6-9)17-3/h2-15H,16-17H2,1H3;5-6H,1,7H2,2-4H3. The third-order valence-electron chi connectivity index (χ3n) is 6.46. The highest BCUT2D eigenvalue weighted by atomic mass is 31.2. The van der Waals surface area contributed by atoms with Gasteiger partial charge in [0.15, 0.2) is 23.0 Å². The number of amides is 1. The lowest BCUT2D eigenvalue weighted by Gasteiger charge is -2.33. The van der Waals surface area contributed by atoms with Gasteiger partial charge >= 0.3 is 8.60 Å². The number of carbonyl (C=O) groups excluding carboxylic acids is 1. The Bertz CT molecular complexity index is 1450. The highest BCUT2D eigenvalue weighted by Gasteiger charge is 2.31. The van der Waals surface area contributed by atoms with E-state index in [1.54, 1.807) is 24.1 Å². The third-order valence-corrected chi connectivity index (χ3v) is 7.48. The van der Waals surface area contributed by atoms with Crippen molar-refractivity contribution in [2.24, 2.45) is 0 Å². The molecule has 0 atom stereocenters. The molecule has 9 nitrogen and oxygen atoms in total. The minimum atomic E-state index is -1.59. The van der Waals surface area contributed by atoms with Crippen molar-refractivity contribution in [1.82, 2.24) is 0 Å². The van der Waals surface area contributed by atoms with Crippen molar-refractivity contribution < 1.29 is 37.3 Å². The summed E-state index contributed by atoms with van der Waals surface area (Å²) in [7, 11) is 4.64. The van der Waals surface area contributed by atoms with E-state index in [0.717, 1.165) is 11.1 Å². The summed E-state index contributed by atoms with van der Waals surface area (Å²) in [5, 5.41) is 0. The number of anilines is 1. The van der Waals surface area contributed by atoms with Crippen LogP contribution in [-0.4, -0.2) is 40.9 Å². The number of carbonyl (C=O) groups is 1. The maximum absolute atomic E-state index is 11.6. The van der Waals surface area contributed by atoms with E-state index >= 15 is 0 Å². The molecule has 0 aromatic heterocycles. The average Bonchev–Trinajstić information content (AvgIpc) is 3.08. The molecule has 0 N–H and O–H groups in total. The number of rotatable bonds is 13. The van der Waals surface area contributed by atoms with Gasteiger partial charge in [-0.15, -0.1) is 0 Å². The van der Waals surface area contributed by atoms with Crippen LogP contribution in [0.15, 0.2) is 109 Å². The molecule has 1 heterocycles. The Balaban J connectivity index is 0.000000215. The van der Waals surface area contributed by atoms with E-state index in [9.17, 15) is 4.79 Å². The average molecular weight is 618 g/mol. The molecule has 0 saturated carbocycles. The number of benzene rings is 4. The van der Waals surface area contributed by atoms with Gasteiger partial charge in [-0.3, -0.25) is 13.8 Å². The molecule has 1 saturated heterocycles. The summed E-state index contributed by atoms with van der Waals surface area (Å²) in [6.07, 6.45) is 0. The van der Waals surface area contributed by atoms with Crippen LogP contribution in [0, 0.1) is 0 Å². The fraction of sp³-hybridized carbons (Fsp3) is 0.206. The SMILES string of the molecule is C=C1CN(c2cc(OC)c(OC)c(OC)c2)C1=O.COc1ccccc1OP(OCc1ccccc1)OCc1ccccc1. The molecular weight excluding hydrogens is 581 g/mol. The maximum Gasteiger partial charge on any atom is 0.398 e. The Labute approximate surface area is 259 Å². The maximum atomic E-state index is 11.6. The number of methoxy groups -OCH3 is 4. The molecule has 10 heteroatoms. The van der Waals surface area contributed by atoms with Crippen LogP contribution in [0.4, 0.5) is 5.69 Å². The van der Waals surface area contributed by atoms with Crippen LogP contribution >= 0.6 is 8.60 Å². The summed E-state index contributed by atoms with van der Waals surface area (Å²) >= 11 is 0. The molecule has 0 spiro atoms. The molecule has 4 aromatic rings. The Hall–Kier alpha value is -4.56. The van der Waals surface area contributed by atoms with Crippen molar-refractivity contribution in [3.63, 3.8) is 0 Å². The van der Waals surface area contributed by atoms with E-state index in [2.05, 4.69) is 6.58 Å². The van der Waals surface area contributed by atoms with Crippen LogP contribution in [0.25, 0.3) is 0 Å². The molecule has 4 aromatic carbocycles. The fourth-order valence-electron chi connectivity index (χ4n) is 4.13. The summed E-state index contributed by atoms with van der Waals surface area (Å²) < 4.78 is 38.8. The predicted molar refractivity (Wildman–Crippen MR) is 171 cm³/mol. The second kappa shape index (κ2) is 16.3. The minimum Gasteiger partial charge on any atom is -0.493 e. The molecule has 44 heavy (non-hydrogen) atoms. The van der Waals surface area contributed by atoms with Crippen LogP contribution in [0.2, 0.25) is 0 Å². The minimum absolute atomic E-state index is 0.0794. The van der Waals surface area contributed by atoms with Crippen molar-refractivity contribution in [3.05, 3.63) is 120 Å². The fourth-order valence-corrected chi connectivity index (χ4v) is 5.13. The van der Waals surface area contributed by atoms with Gasteiger partial charge in [0.25, 0.3) is 5.91 Å². The molecule has 230 valence electrons. The largest absolute Gasteiger partial charge is 0.493 e. The molecule has 1 fully saturated rings. The van der Waals surface area contributed by atoms with Crippen LogP contribution in [-0.2, 0) is 27.1 Å². The number of hydrogen-bond donors (Lipinski definition) is 0. The summed E-state index contributed by atoms with van der Waals surface area (Å²) in [5.41, 5.74) is 3.43. The van der Waals surface area contributed by atoms with Crippen molar-refractivity contribution in [1.29, 1.82) is 0 Å². The first-order valence-corrected chi connectivity index (χ1v) is 14.8. The monoisotopic (exact) mass is 617 g/mol. The van der Waals surface area contributed by atoms with Gasteiger partial charge in [-0.1, -0.05) is 79.4 Å². The molecule has 1 aliphatic heterocycles. The molecule has 0 unspecified atom stereocenters. The molecule has 5 rings (SSSR count). The second-order valence-electron chi connectivity index (χ2n) is 9.36. The quantitative estimate of drug-likeness (QED) is 0.0875. The van der Waals surface area contributed by atoms with Gasteiger partial charge in [-0.2, -0.15) is 0 Å². The van der Waals surface area contributed by atoms with E-state index in [0.29, 0.717) is 59.8 Å². The molecule has 0 radical (unpaired) electrons. The number of hydrogen-bond acceptors (Lipinski definition) is 8. The Morgan fingerprint density at radius 3 is 1.57 bits per heavy atom. The number of ether oxygens (including phenoxy) is 4. The summed E-state index contributed by atoms with van der Waals surface area (Å²) in [6.45, 7) is 5.01. The first kappa shape index (κ1) is 32.4. The highest BCUT2D eigenvalue weighted by molar-refractivity contribution is 7.42. The van der Waals surface area contributed by atoms with Crippen LogP contribution in [0.5, 0.6) is 28.7 Å². The predicted octanol–water partition coefficient (Wildman–Crippen LogP) is 7.35. The van der Waals surface area contributed by atoms with Crippen LogP contribution < -0.4 is 28.4 Å². The Kier molecular flexibility index (Phi) is 12.0. The summed E-state index contributed by atoms with van der Waals surface area (Å²) in [5.74, 6) is 2.73. The molecule has 1 aliphatic rings. The second-order valence-corrected chi connectivity index (χ2v) is 10.5. The van der Waals surface area contributed by atoms with E-state index < -0.39 is 8.60 Å². The van der Waals surface area contributed by atoms with E-state index in [4.69, 9.17) is 32.5 Å². The van der Waals surface area contributed by atoms with Gasteiger partial charge in [0, 0.05) is 17.7 Å². The summed E-state index contributed by atoms with van der Waals surface area (Å²) in [6, 6.07) is 30.8. The number of nitrogens with zero attached hydrogens (tertiary/aromatic N) is 1. The normalized spacial score (nSPS) is 12.2. The first-order valence-electron chi connectivity index (χ1n) is 13.7. The Morgan fingerprint density at radius 1 is 0.659 bits per heavy atom. The van der Waals surface area contributed by atoms with Crippen molar-refractivity contribution >= 4 is 20.2 Å². The number of β-lactam (4-membered cyclic amide) rings is 1. The van der Waals surface area contributed by atoms with Gasteiger partial charge in [0.2, 0.25) is 5.75 Å². The highest BCUT2D eigenvalue weighted by Crippen LogP contribution is 2.45. The van der Waals surface area contributed by atoms with Gasteiger partial charge in [0.05, 0.1) is 53.9 Å². The molecule has 1 amide bonds. The number of para-hydroxylation sites is 2. The summed E-state index contributed by atoms with van der Waals surface area (Å²) in [4.78, 5) is 13.2. The van der Waals surface area contributed by atoms with Gasteiger partial charge < -0.3 is 28.4 Å². The van der Waals surface area contributed by atoms with Crippen molar-refractivity contribution in [3.8, 4) is 28.7 Å². The zero-order valence-corrected chi connectivity index (χ0v) is 26.1. The smallest absolute Gasteiger partial charge is 0.398 e. The topological polar surface area (TPSA) is 84.9 Å².